The molecule has 3 heteroatoms. The molecule has 1 heterocycles. The Hall–Kier alpha value is -0.960. The first kappa shape index (κ1) is 11.5. The monoisotopic (exact) mass is 222 g/mol. The molecule has 1 saturated carbocycles. The molecule has 0 aliphatic heterocycles. The van der Waals surface area contributed by atoms with Gasteiger partial charge in [0.05, 0.1) is 6.20 Å². The van der Waals surface area contributed by atoms with Crippen LogP contribution in [0.4, 0.5) is 4.39 Å². The molecule has 0 radical (unpaired) electrons. The lowest BCUT2D eigenvalue weighted by Crippen LogP contribution is -2.34. The lowest BCUT2D eigenvalue weighted by Gasteiger charge is -2.33. The van der Waals surface area contributed by atoms with Crippen LogP contribution in [0.15, 0.2) is 18.5 Å². The summed E-state index contributed by atoms with van der Waals surface area (Å²) in [7, 11) is 0. The fourth-order valence-electron chi connectivity index (χ4n) is 2.67. The van der Waals surface area contributed by atoms with Crippen molar-refractivity contribution >= 4 is 0 Å². The second-order valence-corrected chi connectivity index (χ2v) is 4.79. The Morgan fingerprint density at radius 2 is 2.25 bits per heavy atom. The summed E-state index contributed by atoms with van der Waals surface area (Å²) in [5.41, 5.74) is 7.09. The second kappa shape index (κ2) is 4.91. The summed E-state index contributed by atoms with van der Waals surface area (Å²) in [5, 5.41) is 0. The molecule has 0 saturated heterocycles. The van der Waals surface area contributed by atoms with Gasteiger partial charge in [-0.3, -0.25) is 4.98 Å². The molecule has 0 spiro atoms. The van der Waals surface area contributed by atoms with E-state index in [-0.39, 0.29) is 17.8 Å². The van der Waals surface area contributed by atoms with E-state index in [2.05, 4.69) is 11.9 Å². The molecule has 16 heavy (non-hydrogen) atoms. The topological polar surface area (TPSA) is 38.9 Å². The van der Waals surface area contributed by atoms with Crippen LogP contribution in [0.1, 0.15) is 44.1 Å². The number of pyridine rings is 1. The highest BCUT2D eigenvalue weighted by molar-refractivity contribution is 5.19. The lowest BCUT2D eigenvalue weighted by molar-refractivity contribution is 0.282. The van der Waals surface area contributed by atoms with Crippen molar-refractivity contribution in [3.05, 3.63) is 29.8 Å². The van der Waals surface area contributed by atoms with Crippen molar-refractivity contribution < 1.29 is 4.39 Å². The zero-order chi connectivity index (χ0) is 11.5. The summed E-state index contributed by atoms with van der Waals surface area (Å²) in [5.74, 6) is 0.748. The van der Waals surface area contributed by atoms with Crippen LogP contribution in [0.2, 0.25) is 0 Å². The first-order chi connectivity index (χ1) is 7.70. The molecule has 0 bridgehead atoms. The third-order valence-corrected chi connectivity index (χ3v) is 3.74. The highest BCUT2D eigenvalue weighted by Gasteiger charge is 2.28. The minimum Gasteiger partial charge on any atom is -0.327 e. The van der Waals surface area contributed by atoms with E-state index in [1.807, 2.05) is 0 Å². The molecule has 1 aliphatic carbocycles. The SMILES string of the molecule is CCC1CCC(N)C(c2cncc(F)c2)C1. The van der Waals surface area contributed by atoms with Crippen LogP contribution in [0.5, 0.6) is 0 Å². The van der Waals surface area contributed by atoms with Gasteiger partial charge in [0.2, 0.25) is 0 Å². The zero-order valence-electron chi connectivity index (χ0n) is 9.70. The first-order valence-corrected chi connectivity index (χ1v) is 6.06. The molecular formula is C13H19FN2. The Kier molecular flexibility index (Phi) is 3.54. The van der Waals surface area contributed by atoms with Crippen LogP contribution in [-0.2, 0) is 0 Å². The molecule has 1 aromatic rings. The van der Waals surface area contributed by atoms with Gasteiger partial charge in [-0.2, -0.15) is 0 Å². The molecule has 2 nitrogen and oxygen atoms in total. The van der Waals surface area contributed by atoms with Crippen molar-refractivity contribution in [2.24, 2.45) is 11.7 Å². The van der Waals surface area contributed by atoms with Gasteiger partial charge in [0.1, 0.15) is 5.82 Å². The maximum atomic E-state index is 13.1. The fourth-order valence-corrected chi connectivity index (χ4v) is 2.67. The van der Waals surface area contributed by atoms with Gasteiger partial charge in [0.15, 0.2) is 0 Å². The van der Waals surface area contributed by atoms with Gasteiger partial charge in [-0.05, 0) is 36.8 Å². The molecule has 88 valence electrons. The number of hydrogen-bond donors (Lipinski definition) is 1. The van der Waals surface area contributed by atoms with E-state index in [1.54, 1.807) is 12.3 Å². The molecule has 0 aromatic carbocycles. The standard InChI is InChI=1S/C13H19FN2/c1-2-9-3-4-13(15)12(5-9)10-6-11(14)8-16-7-10/h6-9,12-13H,2-5,15H2,1H3. The summed E-state index contributed by atoms with van der Waals surface area (Å²) in [4.78, 5) is 3.91. The van der Waals surface area contributed by atoms with Crippen LogP contribution in [0.3, 0.4) is 0 Å². The summed E-state index contributed by atoms with van der Waals surface area (Å²) in [6.45, 7) is 2.21. The number of hydrogen-bond acceptors (Lipinski definition) is 2. The third kappa shape index (κ3) is 2.40. The lowest BCUT2D eigenvalue weighted by atomic mass is 9.74. The fraction of sp³-hybridized carbons (Fsp3) is 0.615. The molecular weight excluding hydrogens is 203 g/mol. The van der Waals surface area contributed by atoms with Crippen molar-refractivity contribution in [3.63, 3.8) is 0 Å². The number of halogens is 1. The van der Waals surface area contributed by atoms with Gasteiger partial charge in [-0.25, -0.2) is 4.39 Å². The Morgan fingerprint density at radius 3 is 2.94 bits per heavy atom. The van der Waals surface area contributed by atoms with Crippen molar-refractivity contribution in [2.75, 3.05) is 0 Å². The molecule has 1 aromatic heterocycles. The van der Waals surface area contributed by atoms with Crippen LogP contribution in [0.25, 0.3) is 0 Å². The van der Waals surface area contributed by atoms with Crippen LogP contribution in [0, 0.1) is 11.7 Å². The molecule has 3 unspecified atom stereocenters. The van der Waals surface area contributed by atoms with Gasteiger partial charge < -0.3 is 5.73 Å². The maximum absolute atomic E-state index is 13.1. The largest absolute Gasteiger partial charge is 0.327 e. The third-order valence-electron chi connectivity index (χ3n) is 3.74. The van der Waals surface area contributed by atoms with E-state index in [4.69, 9.17) is 5.73 Å². The number of aromatic nitrogens is 1. The van der Waals surface area contributed by atoms with Gasteiger partial charge in [-0.15, -0.1) is 0 Å². The minimum atomic E-state index is -0.261. The maximum Gasteiger partial charge on any atom is 0.141 e. The Balaban J connectivity index is 2.17. The summed E-state index contributed by atoms with van der Waals surface area (Å²) >= 11 is 0. The Morgan fingerprint density at radius 1 is 1.44 bits per heavy atom. The average Bonchev–Trinajstić information content (AvgIpc) is 2.30. The van der Waals surface area contributed by atoms with E-state index < -0.39 is 0 Å². The van der Waals surface area contributed by atoms with Gasteiger partial charge in [-0.1, -0.05) is 13.3 Å². The normalized spacial score (nSPS) is 30.3. The van der Waals surface area contributed by atoms with E-state index in [0.29, 0.717) is 0 Å². The predicted molar refractivity (Wildman–Crippen MR) is 62.5 cm³/mol. The molecule has 0 amide bonds. The zero-order valence-corrected chi connectivity index (χ0v) is 9.70. The van der Waals surface area contributed by atoms with Crippen LogP contribution >= 0.6 is 0 Å². The Labute approximate surface area is 96.1 Å². The molecule has 3 atom stereocenters. The average molecular weight is 222 g/mol. The second-order valence-electron chi connectivity index (χ2n) is 4.79. The van der Waals surface area contributed by atoms with Crippen molar-refractivity contribution in [1.82, 2.24) is 4.98 Å². The van der Waals surface area contributed by atoms with E-state index in [1.165, 1.54) is 19.0 Å². The molecule has 1 aliphatic rings. The number of nitrogens with two attached hydrogens (primary N) is 1. The highest BCUT2D eigenvalue weighted by Crippen LogP contribution is 2.36. The van der Waals surface area contributed by atoms with Crippen LogP contribution in [-0.4, -0.2) is 11.0 Å². The molecule has 2 N–H and O–H groups in total. The smallest absolute Gasteiger partial charge is 0.141 e. The number of rotatable bonds is 2. The highest BCUT2D eigenvalue weighted by atomic mass is 19.1. The van der Waals surface area contributed by atoms with E-state index >= 15 is 0 Å². The van der Waals surface area contributed by atoms with Gasteiger partial charge in [0.25, 0.3) is 0 Å². The summed E-state index contributed by atoms with van der Waals surface area (Å²) in [6.07, 6.45) is 7.51. The minimum absolute atomic E-state index is 0.159. The van der Waals surface area contributed by atoms with Crippen LogP contribution < -0.4 is 5.73 Å². The molecule has 1 fully saturated rings. The quantitative estimate of drug-likeness (QED) is 0.835. The van der Waals surface area contributed by atoms with Gasteiger partial charge >= 0.3 is 0 Å². The summed E-state index contributed by atoms with van der Waals surface area (Å²) in [6, 6.07) is 1.74. The number of nitrogens with zero attached hydrogens (tertiary/aromatic N) is 1. The van der Waals surface area contributed by atoms with Crippen molar-refractivity contribution in [2.45, 2.75) is 44.6 Å². The summed E-state index contributed by atoms with van der Waals surface area (Å²) < 4.78 is 13.1. The van der Waals surface area contributed by atoms with Gasteiger partial charge in [0, 0.05) is 18.2 Å². The first-order valence-electron chi connectivity index (χ1n) is 6.06. The van der Waals surface area contributed by atoms with E-state index in [9.17, 15) is 4.39 Å². The predicted octanol–water partition coefficient (Wildman–Crippen LogP) is 2.84. The van der Waals surface area contributed by atoms with E-state index in [0.717, 1.165) is 24.3 Å². The molecule has 2 rings (SSSR count). The van der Waals surface area contributed by atoms with Crippen molar-refractivity contribution in [1.29, 1.82) is 0 Å². The van der Waals surface area contributed by atoms with Crippen molar-refractivity contribution in [3.8, 4) is 0 Å². The Bertz CT molecular complexity index is 354.